The Kier molecular flexibility index (Phi) is 2.47. The van der Waals surface area contributed by atoms with Crippen LogP contribution < -0.4 is 0 Å². The molecule has 2 aliphatic rings. The van der Waals surface area contributed by atoms with Gasteiger partial charge in [-0.2, -0.15) is 0 Å². The van der Waals surface area contributed by atoms with Gasteiger partial charge in [-0.3, -0.25) is 14.5 Å². The lowest BCUT2D eigenvalue weighted by Crippen LogP contribution is -2.31. The third-order valence-corrected chi connectivity index (χ3v) is 3.23. The van der Waals surface area contributed by atoms with Crippen molar-refractivity contribution in [3.63, 3.8) is 0 Å². The first-order valence-corrected chi connectivity index (χ1v) is 5.27. The molecule has 0 N–H and O–H groups in total. The van der Waals surface area contributed by atoms with Gasteiger partial charge in [-0.05, 0) is 19.8 Å². The normalized spacial score (nSPS) is 30.2. The van der Waals surface area contributed by atoms with Crippen molar-refractivity contribution in [2.75, 3.05) is 6.54 Å². The zero-order valence-electron chi connectivity index (χ0n) is 8.90. The lowest BCUT2D eigenvalue weighted by Gasteiger charge is -2.19. The number of carbonyl (C=O) groups is 2. The van der Waals surface area contributed by atoms with Crippen LogP contribution in [0.5, 0.6) is 0 Å². The van der Waals surface area contributed by atoms with Gasteiger partial charge in [0.05, 0.1) is 11.8 Å². The van der Waals surface area contributed by atoms with Crippen LogP contribution in [0.4, 0.5) is 0 Å². The first-order valence-electron chi connectivity index (χ1n) is 5.27. The molecule has 0 spiro atoms. The van der Waals surface area contributed by atoms with Gasteiger partial charge in [0.15, 0.2) is 0 Å². The molecule has 0 aromatic heterocycles. The second-order valence-corrected chi connectivity index (χ2v) is 4.28. The largest absolute Gasteiger partial charge is 0.278 e. The molecular formula is C12H15NO2. The molecule has 2 amide bonds. The van der Waals surface area contributed by atoms with Crippen LogP contribution in [0.1, 0.15) is 19.8 Å². The van der Waals surface area contributed by atoms with Gasteiger partial charge in [0.2, 0.25) is 11.8 Å². The summed E-state index contributed by atoms with van der Waals surface area (Å²) >= 11 is 0. The van der Waals surface area contributed by atoms with E-state index in [-0.39, 0.29) is 23.7 Å². The van der Waals surface area contributed by atoms with Gasteiger partial charge in [-0.15, -0.1) is 6.58 Å². The van der Waals surface area contributed by atoms with Gasteiger partial charge < -0.3 is 0 Å². The minimum Gasteiger partial charge on any atom is -0.278 e. The highest BCUT2D eigenvalue weighted by Crippen LogP contribution is 2.37. The van der Waals surface area contributed by atoms with Crippen LogP contribution in [0.2, 0.25) is 0 Å². The van der Waals surface area contributed by atoms with Gasteiger partial charge in [0.25, 0.3) is 0 Å². The quantitative estimate of drug-likeness (QED) is 0.506. The summed E-state index contributed by atoms with van der Waals surface area (Å²) in [4.78, 5) is 25.1. The molecule has 0 aromatic carbocycles. The number of rotatable bonds is 2. The van der Waals surface area contributed by atoms with Gasteiger partial charge in [0.1, 0.15) is 0 Å². The molecule has 1 fully saturated rings. The number of hydrogen-bond acceptors (Lipinski definition) is 2. The average molecular weight is 205 g/mol. The number of allylic oxidation sites excluding steroid dienone is 2. The van der Waals surface area contributed by atoms with Crippen molar-refractivity contribution in [1.82, 2.24) is 4.90 Å². The third kappa shape index (κ3) is 1.52. The van der Waals surface area contributed by atoms with E-state index in [9.17, 15) is 9.59 Å². The highest BCUT2D eigenvalue weighted by atomic mass is 16.2. The van der Waals surface area contributed by atoms with E-state index in [4.69, 9.17) is 0 Å². The Morgan fingerprint density at radius 3 is 2.80 bits per heavy atom. The van der Waals surface area contributed by atoms with Gasteiger partial charge >= 0.3 is 0 Å². The van der Waals surface area contributed by atoms with Crippen molar-refractivity contribution in [1.29, 1.82) is 0 Å². The Morgan fingerprint density at radius 1 is 1.47 bits per heavy atom. The molecule has 3 nitrogen and oxygen atoms in total. The molecule has 0 radical (unpaired) electrons. The predicted octanol–water partition coefficient (Wildman–Crippen LogP) is 1.51. The minimum atomic E-state index is -0.110. The van der Waals surface area contributed by atoms with E-state index in [0.29, 0.717) is 13.0 Å². The van der Waals surface area contributed by atoms with Crippen molar-refractivity contribution in [2.24, 2.45) is 11.8 Å². The maximum Gasteiger partial charge on any atom is 0.233 e. The molecule has 80 valence electrons. The Balaban J connectivity index is 2.24. The van der Waals surface area contributed by atoms with Crippen LogP contribution in [0.25, 0.3) is 0 Å². The first-order chi connectivity index (χ1) is 7.15. The second-order valence-electron chi connectivity index (χ2n) is 4.28. The van der Waals surface area contributed by atoms with Crippen LogP contribution in [-0.2, 0) is 9.59 Å². The number of likely N-dealkylation sites (tertiary alicyclic amines) is 1. The van der Waals surface area contributed by atoms with Gasteiger partial charge in [-0.25, -0.2) is 0 Å². The molecule has 1 aliphatic heterocycles. The Bertz CT molecular complexity index is 357. The fraction of sp³-hybridized carbons (Fsp3) is 0.500. The fourth-order valence-electron chi connectivity index (χ4n) is 2.42. The summed E-state index contributed by atoms with van der Waals surface area (Å²) in [5.41, 5.74) is 1.22. The monoisotopic (exact) mass is 205 g/mol. The number of carbonyl (C=O) groups excluding carboxylic acids is 2. The molecule has 1 heterocycles. The number of nitrogens with zero attached hydrogens (tertiary/aromatic N) is 1. The summed E-state index contributed by atoms with van der Waals surface area (Å²) in [6.45, 7) is 5.94. The molecule has 2 atom stereocenters. The molecule has 0 unspecified atom stereocenters. The zero-order valence-corrected chi connectivity index (χ0v) is 8.90. The molecular weight excluding hydrogens is 190 g/mol. The van der Waals surface area contributed by atoms with Crippen LogP contribution in [0, 0.1) is 11.8 Å². The molecule has 3 heteroatoms. The highest BCUT2D eigenvalue weighted by molar-refractivity contribution is 6.05. The second kappa shape index (κ2) is 3.65. The minimum absolute atomic E-state index is 0.0163. The van der Waals surface area contributed by atoms with Crippen molar-refractivity contribution < 1.29 is 9.59 Å². The Hall–Kier alpha value is -1.38. The Morgan fingerprint density at radius 2 is 2.13 bits per heavy atom. The van der Waals surface area contributed by atoms with Crippen LogP contribution in [-0.4, -0.2) is 23.3 Å². The van der Waals surface area contributed by atoms with E-state index in [0.717, 1.165) is 6.42 Å². The third-order valence-electron chi connectivity index (χ3n) is 3.23. The zero-order chi connectivity index (χ0) is 11.0. The van der Waals surface area contributed by atoms with E-state index in [1.54, 1.807) is 6.08 Å². The van der Waals surface area contributed by atoms with Gasteiger partial charge in [-0.1, -0.05) is 17.7 Å². The lowest BCUT2D eigenvalue weighted by molar-refractivity contribution is -0.139. The summed E-state index contributed by atoms with van der Waals surface area (Å²) in [6, 6.07) is 0. The van der Waals surface area contributed by atoms with E-state index in [1.165, 1.54) is 10.5 Å². The SMILES string of the molecule is C=CCN1C(=O)[C@H]2CC=C(C)C[C@@H]2C1=O. The molecule has 2 rings (SSSR count). The lowest BCUT2D eigenvalue weighted by atomic mass is 9.82. The van der Waals surface area contributed by atoms with Gasteiger partial charge in [0, 0.05) is 6.54 Å². The highest BCUT2D eigenvalue weighted by Gasteiger charge is 2.47. The van der Waals surface area contributed by atoms with E-state index in [1.807, 2.05) is 6.92 Å². The number of fused-ring (bicyclic) bond motifs is 1. The number of imide groups is 1. The molecule has 1 aliphatic carbocycles. The van der Waals surface area contributed by atoms with Crippen LogP contribution in [0.15, 0.2) is 24.3 Å². The molecule has 0 saturated carbocycles. The summed E-state index contributed by atoms with van der Waals surface area (Å²) in [5.74, 6) is -0.255. The smallest absolute Gasteiger partial charge is 0.233 e. The van der Waals surface area contributed by atoms with Crippen LogP contribution >= 0.6 is 0 Å². The topological polar surface area (TPSA) is 37.4 Å². The average Bonchev–Trinajstić information content (AvgIpc) is 2.44. The fourth-order valence-corrected chi connectivity index (χ4v) is 2.42. The maximum absolute atomic E-state index is 11.9. The predicted molar refractivity (Wildman–Crippen MR) is 56.9 cm³/mol. The van der Waals surface area contributed by atoms with Crippen LogP contribution in [0.3, 0.4) is 0 Å². The van der Waals surface area contributed by atoms with E-state index >= 15 is 0 Å². The molecule has 15 heavy (non-hydrogen) atoms. The number of amides is 2. The summed E-state index contributed by atoms with van der Waals surface area (Å²) in [5, 5.41) is 0. The number of hydrogen-bond donors (Lipinski definition) is 0. The van der Waals surface area contributed by atoms with Crippen molar-refractivity contribution in [3.8, 4) is 0 Å². The molecule has 1 saturated heterocycles. The summed E-state index contributed by atoms with van der Waals surface area (Å²) in [6.07, 6.45) is 5.13. The molecule has 0 aromatic rings. The van der Waals surface area contributed by atoms with E-state index in [2.05, 4.69) is 12.7 Å². The standard InChI is InChI=1S/C12H15NO2/c1-3-6-13-11(14)9-5-4-8(2)7-10(9)12(13)15/h3-4,9-10H,1,5-7H2,2H3/t9-,10-/m0/s1. The van der Waals surface area contributed by atoms with Crippen molar-refractivity contribution in [2.45, 2.75) is 19.8 Å². The first kappa shape index (κ1) is 10.1. The maximum atomic E-state index is 11.9. The summed E-state index contributed by atoms with van der Waals surface area (Å²) < 4.78 is 0. The Labute approximate surface area is 89.4 Å². The molecule has 0 bridgehead atoms. The van der Waals surface area contributed by atoms with Crippen molar-refractivity contribution in [3.05, 3.63) is 24.3 Å². The van der Waals surface area contributed by atoms with E-state index < -0.39 is 0 Å². The van der Waals surface area contributed by atoms with Crippen molar-refractivity contribution >= 4 is 11.8 Å². The summed E-state index contributed by atoms with van der Waals surface area (Å²) in [7, 11) is 0.